The van der Waals surface area contributed by atoms with Gasteiger partial charge in [-0.2, -0.15) is 5.11 Å². The third kappa shape index (κ3) is 8.36. The number of Topliss-reactive ketones (excluding diaryl/α,β-unsaturated/α-hetero) is 1. The van der Waals surface area contributed by atoms with Crippen LogP contribution in [0.4, 0.5) is 11.5 Å². The number of aromatic nitrogens is 1. The Kier molecular flexibility index (Phi) is 10.5. The molecule has 1 amide bonds. The average Bonchev–Trinajstić information content (AvgIpc) is 3.64. The van der Waals surface area contributed by atoms with Crippen LogP contribution >= 0.6 is 0 Å². The molecule has 0 bridgehead atoms. The number of nitrogens with zero attached hydrogens (tertiary/aromatic N) is 5. The van der Waals surface area contributed by atoms with Gasteiger partial charge in [0.2, 0.25) is 5.91 Å². The number of amides is 1. The molecule has 3 aliphatic rings. The maximum absolute atomic E-state index is 13.7. The van der Waals surface area contributed by atoms with Crippen LogP contribution in [-0.2, 0) is 20.7 Å². The zero-order valence-corrected chi connectivity index (χ0v) is 27.3. The van der Waals surface area contributed by atoms with E-state index in [-0.39, 0.29) is 36.2 Å². The predicted molar refractivity (Wildman–Crippen MR) is 185 cm³/mol. The first-order chi connectivity index (χ1) is 22.8. The Labute approximate surface area is 276 Å². The largest absolute Gasteiger partial charge is 0.372 e. The first-order valence-corrected chi connectivity index (χ1v) is 16.9. The lowest BCUT2D eigenvalue weighted by Gasteiger charge is -2.36. The highest BCUT2D eigenvalue weighted by molar-refractivity contribution is 6.01. The molecule has 2 aromatic carbocycles. The normalized spacial score (nSPS) is 23.3. The van der Waals surface area contributed by atoms with E-state index in [1.807, 2.05) is 30.5 Å². The van der Waals surface area contributed by atoms with E-state index in [4.69, 9.17) is 15.5 Å². The molecule has 6 rings (SSSR count). The van der Waals surface area contributed by atoms with Crippen molar-refractivity contribution in [3.8, 4) is 11.1 Å². The first kappa shape index (κ1) is 32.7. The third-order valence-corrected chi connectivity index (χ3v) is 9.57. The molecule has 3 N–H and O–H groups in total. The summed E-state index contributed by atoms with van der Waals surface area (Å²) in [5.74, 6) is 1.56. The summed E-state index contributed by atoms with van der Waals surface area (Å²) in [6, 6.07) is 19.8. The van der Waals surface area contributed by atoms with E-state index < -0.39 is 5.92 Å². The Bertz CT molecular complexity index is 1570. The number of nitrogens with two attached hydrogens (primary N) is 1. The summed E-state index contributed by atoms with van der Waals surface area (Å²) in [7, 11) is 0. The van der Waals surface area contributed by atoms with Crippen molar-refractivity contribution in [2.75, 3.05) is 36.5 Å². The van der Waals surface area contributed by atoms with Gasteiger partial charge in [0.15, 0.2) is 12.5 Å². The number of azo groups is 1. The van der Waals surface area contributed by atoms with Crippen molar-refractivity contribution in [3.05, 3.63) is 78.0 Å². The van der Waals surface area contributed by atoms with Crippen LogP contribution in [-0.4, -0.2) is 61.0 Å². The van der Waals surface area contributed by atoms with Gasteiger partial charge in [0.25, 0.3) is 0 Å². The maximum atomic E-state index is 13.7. The molecular formula is C37H45N7O3. The molecule has 2 fully saturated rings. The average molecular weight is 636 g/mol. The molecule has 2 aliphatic heterocycles. The SMILES string of the molecule is CC1CN(c2ccc(-c3ccc(C[C@H](CC(=O)C4CCC(CN)CC4)C(=O)Nc4ccc(C5=NCN=N5)cc4)cc3)cn2)CC(C)O1. The number of carbonyl (C=O) groups is 2. The summed E-state index contributed by atoms with van der Waals surface area (Å²) >= 11 is 0. The molecule has 3 heterocycles. The van der Waals surface area contributed by atoms with Gasteiger partial charge < -0.3 is 20.7 Å². The van der Waals surface area contributed by atoms with Crippen LogP contribution in [0, 0.1) is 17.8 Å². The van der Waals surface area contributed by atoms with E-state index in [1.54, 1.807) is 0 Å². The molecule has 1 saturated heterocycles. The van der Waals surface area contributed by atoms with Crippen molar-refractivity contribution in [1.82, 2.24) is 4.98 Å². The van der Waals surface area contributed by atoms with Crippen LogP contribution < -0.4 is 16.0 Å². The Hall–Kier alpha value is -4.28. The van der Waals surface area contributed by atoms with E-state index >= 15 is 0 Å². The molecule has 1 aliphatic carbocycles. The van der Waals surface area contributed by atoms with Crippen LogP contribution in [0.1, 0.15) is 57.1 Å². The standard InChI is InChI=1S/C37H45N7O3/c1-24-21-44(22-25(2)47-24)35-16-13-31(20-39-35)28-7-3-26(4-8-28)17-32(18-34(45)29-9-5-27(19-38)6-10-29)37(46)42-33-14-11-30(12-15-33)36-40-23-41-43-36/h3-4,7-8,11-16,20,24-25,27,29,32H,5-6,9-10,17-19,21-23,38H2,1-2H3,(H,42,46)/t24?,25?,27?,29?,32-/m1/s1. The van der Waals surface area contributed by atoms with Crippen molar-refractivity contribution < 1.29 is 14.3 Å². The molecule has 10 heteroatoms. The number of pyridine rings is 1. The second-order valence-electron chi connectivity index (χ2n) is 13.2. The van der Waals surface area contributed by atoms with Crippen LogP contribution in [0.3, 0.4) is 0 Å². The lowest BCUT2D eigenvalue weighted by molar-refractivity contribution is -0.129. The quantitative estimate of drug-likeness (QED) is 0.263. The minimum Gasteiger partial charge on any atom is -0.372 e. The summed E-state index contributed by atoms with van der Waals surface area (Å²) in [5.41, 5.74) is 10.5. The van der Waals surface area contributed by atoms with Crippen molar-refractivity contribution in [1.29, 1.82) is 0 Å². The summed E-state index contributed by atoms with van der Waals surface area (Å²) in [6.45, 7) is 6.85. The molecule has 2 unspecified atom stereocenters. The molecule has 0 spiro atoms. The number of rotatable bonds is 11. The summed E-state index contributed by atoms with van der Waals surface area (Å²) in [4.78, 5) is 38.5. The molecule has 47 heavy (non-hydrogen) atoms. The minimum atomic E-state index is -0.493. The van der Waals surface area contributed by atoms with E-state index in [2.05, 4.69) is 75.7 Å². The number of amidine groups is 1. The van der Waals surface area contributed by atoms with Crippen molar-refractivity contribution in [2.45, 2.75) is 64.6 Å². The first-order valence-electron chi connectivity index (χ1n) is 16.9. The number of ether oxygens (including phenoxy) is 1. The van der Waals surface area contributed by atoms with Crippen molar-refractivity contribution in [2.24, 2.45) is 38.7 Å². The maximum Gasteiger partial charge on any atom is 0.228 e. The highest BCUT2D eigenvalue weighted by Gasteiger charge is 2.30. The number of aliphatic imine (C=N–C) groups is 1. The van der Waals surface area contributed by atoms with E-state index in [0.29, 0.717) is 37.1 Å². The zero-order valence-electron chi connectivity index (χ0n) is 27.3. The van der Waals surface area contributed by atoms with Gasteiger partial charge in [-0.05, 0) is 106 Å². The summed E-state index contributed by atoms with van der Waals surface area (Å²) < 4.78 is 5.87. The fraction of sp³-hybridized carbons (Fsp3) is 0.459. The number of benzene rings is 2. The molecule has 10 nitrogen and oxygen atoms in total. The molecule has 0 radical (unpaired) electrons. The smallest absolute Gasteiger partial charge is 0.228 e. The van der Waals surface area contributed by atoms with Crippen molar-refractivity contribution >= 4 is 29.0 Å². The van der Waals surface area contributed by atoms with Gasteiger partial charge >= 0.3 is 0 Å². The van der Waals surface area contributed by atoms with E-state index in [9.17, 15) is 9.59 Å². The Morgan fingerprint density at radius 3 is 2.21 bits per heavy atom. The predicted octanol–water partition coefficient (Wildman–Crippen LogP) is 6.05. The Morgan fingerprint density at radius 1 is 0.915 bits per heavy atom. The van der Waals surface area contributed by atoms with Gasteiger partial charge in [-0.3, -0.25) is 9.59 Å². The summed E-state index contributed by atoms with van der Waals surface area (Å²) in [5, 5.41) is 11.0. The highest BCUT2D eigenvalue weighted by Crippen LogP contribution is 2.31. The van der Waals surface area contributed by atoms with Gasteiger partial charge in [-0.15, -0.1) is 5.11 Å². The van der Waals surface area contributed by atoms with Gasteiger partial charge in [-0.25, -0.2) is 9.98 Å². The summed E-state index contributed by atoms with van der Waals surface area (Å²) in [6.07, 6.45) is 6.59. The molecule has 3 atom stereocenters. The van der Waals surface area contributed by atoms with Crippen LogP contribution in [0.15, 0.2) is 82.1 Å². The van der Waals surface area contributed by atoms with E-state index in [0.717, 1.165) is 66.8 Å². The topological polar surface area (TPSA) is 135 Å². The van der Waals surface area contributed by atoms with Crippen molar-refractivity contribution in [3.63, 3.8) is 0 Å². The number of anilines is 2. The Balaban J connectivity index is 1.13. The number of ketones is 1. The van der Waals surface area contributed by atoms with Gasteiger partial charge in [0, 0.05) is 54.4 Å². The third-order valence-electron chi connectivity index (χ3n) is 9.57. The number of nitrogens with one attached hydrogen (secondary N) is 1. The van der Waals surface area contributed by atoms with Gasteiger partial charge in [-0.1, -0.05) is 24.3 Å². The number of morpholine rings is 1. The molecule has 246 valence electrons. The minimum absolute atomic E-state index is 0.00420. The zero-order chi connectivity index (χ0) is 32.8. The van der Waals surface area contributed by atoms with E-state index in [1.165, 1.54) is 0 Å². The lowest BCUT2D eigenvalue weighted by atomic mass is 9.77. The molecule has 1 aromatic heterocycles. The number of carbonyl (C=O) groups excluding carboxylic acids is 2. The fourth-order valence-electron chi connectivity index (χ4n) is 6.94. The second kappa shape index (κ2) is 15.1. The molecular weight excluding hydrogens is 590 g/mol. The highest BCUT2D eigenvalue weighted by atomic mass is 16.5. The monoisotopic (exact) mass is 635 g/mol. The second-order valence-corrected chi connectivity index (χ2v) is 13.2. The van der Waals surface area contributed by atoms with Crippen LogP contribution in [0.25, 0.3) is 11.1 Å². The Morgan fingerprint density at radius 2 is 1.60 bits per heavy atom. The van der Waals surface area contributed by atoms with Crippen LogP contribution in [0.5, 0.6) is 0 Å². The van der Waals surface area contributed by atoms with Gasteiger partial charge in [0.1, 0.15) is 11.6 Å². The van der Waals surface area contributed by atoms with Crippen LogP contribution in [0.2, 0.25) is 0 Å². The lowest BCUT2D eigenvalue weighted by Crippen LogP contribution is -2.45. The molecule has 1 saturated carbocycles. The number of hydrogen-bond acceptors (Lipinski definition) is 9. The molecule has 3 aromatic rings. The van der Waals surface area contributed by atoms with Gasteiger partial charge in [0.05, 0.1) is 12.2 Å². The number of hydrogen-bond donors (Lipinski definition) is 2. The fourth-order valence-corrected chi connectivity index (χ4v) is 6.94.